The van der Waals surface area contributed by atoms with Crippen LogP contribution in [0.25, 0.3) is 0 Å². The number of hydrogen-bond acceptors (Lipinski definition) is 1. The lowest BCUT2D eigenvalue weighted by Gasteiger charge is -2.01. The van der Waals surface area contributed by atoms with Gasteiger partial charge in [0.2, 0.25) is 0 Å². The molecule has 0 fully saturated rings. The molecule has 0 heterocycles. The predicted molar refractivity (Wildman–Crippen MR) is 48.7 cm³/mol. The molecule has 9 heavy (non-hydrogen) atoms. The predicted octanol–water partition coefficient (Wildman–Crippen LogP) is 2.49. The summed E-state index contributed by atoms with van der Waals surface area (Å²) >= 11 is 2.22. The van der Waals surface area contributed by atoms with Gasteiger partial charge in [-0.05, 0) is 30.8 Å². The lowest BCUT2D eigenvalue weighted by molar-refractivity contribution is 0.185. The standard InChI is InChI=1S/C7H13IO/c1-6(5-8)3-4-7(2)9/h5,7,9H,3-4H2,1-2H3/b6-5+/t7-/m0/s1. The molecule has 0 amide bonds. The monoisotopic (exact) mass is 240 g/mol. The summed E-state index contributed by atoms with van der Waals surface area (Å²) in [4.78, 5) is 0. The van der Waals surface area contributed by atoms with Gasteiger partial charge in [0.15, 0.2) is 0 Å². The number of halogens is 1. The number of hydrogen-bond donors (Lipinski definition) is 1. The molecule has 0 bridgehead atoms. The fraction of sp³-hybridized carbons (Fsp3) is 0.714. The van der Waals surface area contributed by atoms with Gasteiger partial charge in [-0.3, -0.25) is 0 Å². The highest BCUT2D eigenvalue weighted by molar-refractivity contribution is 14.1. The highest BCUT2D eigenvalue weighted by Gasteiger charge is 1.94. The molecule has 1 N–H and O–H groups in total. The molecule has 0 spiro atoms. The van der Waals surface area contributed by atoms with Crippen LogP contribution in [-0.2, 0) is 0 Å². The molecule has 0 aromatic carbocycles. The van der Waals surface area contributed by atoms with E-state index in [0.717, 1.165) is 12.8 Å². The number of aliphatic hydroxyl groups excluding tert-OH is 1. The first-order chi connectivity index (χ1) is 4.16. The first-order valence-corrected chi connectivity index (χ1v) is 4.35. The van der Waals surface area contributed by atoms with Gasteiger partial charge < -0.3 is 5.11 Å². The van der Waals surface area contributed by atoms with Crippen LogP contribution in [0.5, 0.6) is 0 Å². The Labute approximate surface area is 70.3 Å². The fourth-order valence-corrected chi connectivity index (χ4v) is 0.803. The van der Waals surface area contributed by atoms with Crippen LogP contribution in [0.1, 0.15) is 26.7 Å². The minimum absolute atomic E-state index is 0.156. The van der Waals surface area contributed by atoms with Gasteiger partial charge in [-0.1, -0.05) is 28.2 Å². The molecular weight excluding hydrogens is 227 g/mol. The van der Waals surface area contributed by atoms with E-state index in [4.69, 9.17) is 5.11 Å². The van der Waals surface area contributed by atoms with E-state index < -0.39 is 0 Å². The first-order valence-electron chi connectivity index (χ1n) is 3.10. The van der Waals surface area contributed by atoms with E-state index in [1.165, 1.54) is 5.57 Å². The van der Waals surface area contributed by atoms with Gasteiger partial charge in [0.1, 0.15) is 0 Å². The SMILES string of the molecule is C/C(=C\I)CC[C@H](C)O. The molecule has 2 heteroatoms. The molecule has 0 aromatic heterocycles. The van der Waals surface area contributed by atoms with Gasteiger partial charge in [-0.2, -0.15) is 0 Å². The fourth-order valence-electron chi connectivity index (χ4n) is 0.491. The van der Waals surface area contributed by atoms with Crippen LogP contribution in [0.15, 0.2) is 9.66 Å². The zero-order valence-corrected chi connectivity index (χ0v) is 8.05. The minimum Gasteiger partial charge on any atom is -0.393 e. The Hall–Kier alpha value is 0.430. The van der Waals surface area contributed by atoms with Crippen molar-refractivity contribution in [3.8, 4) is 0 Å². The molecule has 0 saturated heterocycles. The van der Waals surface area contributed by atoms with E-state index >= 15 is 0 Å². The van der Waals surface area contributed by atoms with Crippen LogP contribution < -0.4 is 0 Å². The van der Waals surface area contributed by atoms with Gasteiger partial charge >= 0.3 is 0 Å². The Balaban J connectivity index is 3.28. The minimum atomic E-state index is -0.156. The van der Waals surface area contributed by atoms with Gasteiger partial charge in [-0.25, -0.2) is 0 Å². The summed E-state index contributed by atoms with van der Waals surface area (Å²) < 4.78 is 2.06. The number of rotatable bonds is 3. The molecule has 0 aliphatic heterocycles. The second-order valence-corrected chi connectivity index (χ2v) is 2.97. The van der Waals surface area contributed by atoms with E-state index in [-0.39, 0.29) is 6.10 Å². The van der Waals surface area contributed by atoms with Crippen molar-refractivity contribution in [2.24, 2.45) is 0 Å². The zero-order valence-electron chi connectivity index (χ0n) is 5.89. The average molecular weight is 240 g/mol. The Kier molecular flexibility index (Phi) is 5.48. The molecule has 0 aliphatic carbocycles. The van der Waals surface area contributed by atoms with Gasteiger partial charge in [0.25, 0.3) is 0 Å². The van der Waals surface area contributed by atoms with Crippen LogP contribution in [0.2, 0.25) is 0 Å². The van der Waals surface area contributed by atoms with Crippen LogP contribution in [0, 0.1) is 0 Å². The third kappa shape index (κ3) is 6.31. The highest BCUT2D eigenvalue weighted by Crippen LogP contribution is 2.08. The lowest BCUT2D eigenvalue weighted by Crippen LogP contribution is -1.98. The molecule has 1 nitrogen and oxygen atoms in total. The Bertz CT molecular complexity index is 97.1. The summed E-state index contributed by atoms with van der Waals surface area (Å²) in [6, 6.07) is 0. The molecule has 0 aliphatic rings. The summed E-state index contributed by atoms with van der Waals surface area (Å²) in [5, 5.41) is 8.87. The smallest absolute Gasteiger partial charge is 0.0515 e. The van der Waals surface area contributed by atoms with E-state index in [1.54, 1.807) is 0 Å². The summed E-state index contributed by atoms with van der Waals surface area (Å²) in [6.45, 7) is 3.90. The van der Waals surface area contributed by atoms with Crippen molar-refractivity contribution in [3.05, 3.63) is 9.66 Å². The molecular formula is C7H13IO. The highest BCUT2D eigenvalue weighted by atomic mass is 127. The Morgan fingerprint density at radius 3 is 2.67 bits per heavy atom. The van der Waals surface area contributed by atoms with Crippen molar-refractivity contribution in [1.29, 1.82) is 0 Å². The third-order valence-electron chi connectivity index (χ3n) is 1.14. The lowest BCUT2D eigenvalue weighted by atomic mass is 10.1. The average Bonchev–Trinajstić information content (AvgIpc) is 1.83. The molecule has 54 valence electrons. The summed E-state index contributed by atoms with van der Waals surface area (Å²) in [7, 11) is 0. The van der Waals surface area contributed by atoms with Crippen LogP contribution in [-0.4, -0.2) is 11.2 Å². The number of allylic oxidation sites excluding steroid dienone is 1. The molecule has 1 atom stereocenters. The van der Waals surface area contributed by atoms with Crippen molar-refractivity contribution < 1.29 is 5.11 Å². The molecule has 0 rings (SSSR count). The molecule has 0 unspecified atom stereocenters. The van der Waals surface area contributed by atoms with E-state index in [2.05, 4.69) is 33.6 Å². The van der Waals surface area contributed by atoms with Crippen LogP contribution in [0.3, 0.4) is 0 Å². The van der Waals surface area contributed by atoms with Crippen LogP contribution in [0.4, 0.5) is 0 Å². The zero-order chi connectivity index (χ0) is 7.28. The normalized spacial score (nSPS) is 15.8. The van der Waals surface area contributed by atoms with E-state index in [1.807, 2.05) is 6.92 Å². The summed E-state index contributed by atoms with van der Waals surface area (Å²) in [5.74, 6) is 0. The van der Waals surface area contributed by atoms with Gasteiger partial charge in [-0.15, -0.1) is 0 Å². The topological polar surface area (TPSA) is 20.2 Å². The second-order valence-electron chi connectivity index (χ2n) is 2.34. The summed E-state index contributed by atoms with van der Waals surface area (Å²) in [5.41, 5.74) is 1.34. The second kappa shape index (κ2) is 5.23. The van der Waals surface area contributed by atoms with Crippen LogP contribution >= 0.6 is 22.6 Å². The van der Waals surface area contributed by atoms with E-state index in [9.17, 15) is 0 Å². The number of aliphatic hydroxyl groups is 1. The van der Waals surface area contributed by atoms with Crippen molar-refractivity contribution in [1.82, 2.24) is 0 Å². The summed E-state index contributed by atoms with van der Waals surface area (Å²) in [6.07, 6.45) is 1.74. The van der Waals surface area contributed by atoms with Crippen molar-refractivity contribution >= 4 is 22.6 Å². The largest absolute Gasteiger partial charge is 0.393 e. The van der Waals surface area contributed by atoms with Crippen molar-refractivity contribution in [3.63, 3.8) is 0 Å². The maximum Gasteiger partial charge on any atom is 0.0515 e. The Morgan fingerprint density at radius 1 is 1.78 bits per heavy atom. The Morgan fingerprint density at radius 2 is 2.33 bits per heavy atom. The first kappa shape index (κ1) is 9.43. The van der Waals surface area contributed by atoms with Crippen molar-refractivity contribution in [2.45, 2.75) is 32.8 Å². The van der Waals surface area contributed by atoms with Crippen molar-refractivity contribution in [2.75, 3.05) is 0 Å². The maximum atomic E-state index is 8.87. The molecule has 0 aromatic rings. The van der Waals surface area contributed by atoms with Gasteiger partial charge in [0, 0.05) is 0 Å². The van der Waals surface area contributed by atoms with E-state index in [0.29, 0.717) is 0 Å². The third-order valence-corrected chi connectivity index (χ3v) is 2.21. The molecule has 0 saturated carbocycles. The quantitative estimate of drug-likeness (QED) is 0.751. The van der Waals surface area contributed by atoms with Gasteiger partial charge in [0.05, 0.1) is 6.10 Å². The molecule has 0 radical (unpaired) electrons. The maximum absolute atomic E-state index is 8.87.